The number of fused-ring (bicyclic) bond motifs is 3. The molecule has 0 spiro atoms. The third-order valence-electron chi connectivity index (χ3n) is 3.59. The van der Waals surface area contributed by atoms with E-state index in [9.17, 15) is 0 Å². The minimum absolute atomic E-state index is 0.327. The van der Waals surface area contributed by atoms with Crippen LogP contribution in [0.25, 0.3) is 22.1 Å². The van der Waals surface area contributed by atoms with Gasteiger partial charge in [-0.15, -0.1) is 10.2 Å². The van der Waals surface area contributed by atoms with Gasteiger partial charge in [0.15, 0.2) is 5.65 Å². The molecule has 2 heterocycles. The summed E-state index contributed by atoms with van der Waals surface area (Å²) < 4.78 is 5.18. The fourth-order valence-corrected chi connectivity index (χ4v) is 2.45. The molecule has 4 rings (SSSR count). The number of aromatic amines is 1. The number of hydrazone groups is 1. The summed E-state index contributed by atoms with van der Waals surface area (Å²) >= 11 is 0. The number of H-pyrrole nitrogens is 1. The summed E-state index contributed by atoms with van der Waals surface area (Å²) in [5.74, 6) is 1.10. The average Bonchev–Trinajstić information content (AvgIpc) is 2.99. The SMILES string of the molecule is COc1cccc(C=NNc2nnc3c(n2)[nH]c2ccccc23)c1. The number of methoxy groups -OCH3 is 1. The van der Waals surface area contributed by atoms with Gasteiger partial charge in [-0.1, -0.05) is 30.3 Å². The Hall–Kier alpha value is -3.48. The van der Waals surface area contributed by atoms with Crippen molar-refractivity contribution in [2.45, 2.75) is 0 Å². The van der Waals surface area contributed by atoms with Crippen molar-refractivity contribution >= 4 is 34.2 Å². The molecular formula is C17H14N6O. The van der Waals surface area contributed by atoms with Crippen LogP contribution in [0.15, 0.2) is 53.6 Å². The molecule has 0 radical (unpaired) electrons. The molecule has 7 nitrogen and oxygen atoms in total. The number of ether oxygens (including phenoxy) is 1. The van der Waals surface area contributed by atoms with Gasteiger partial charge in [0.1, 0.15) is 11.3 Å². The van der Waals surface area contributed by atoms with Crippen LogP contribution in [-0.4, -0.2) is 33.5 Å². The van der Waals surface area contributed by atoms with Crippen LogP contribution in [-0.2, 0) is 0 Å². The van der Waals surface area contributed by atoms with Crippen molar-refractivity contribution in [3.05, 3.63) is 54.1 Å². The summed E-state index contributed by atoms with van der Waals surface area (Å²) in [7, 11) is 1.63. The minimum atomic E-state index is 0.327. The quantitative estimate of drug-likeness (QED) is 0.446. The fraction of sp³-hybridized carbons (Fsp3) is 0.0588. The van der Waals surface area contributed by atoms with Crippen molar-refractivity contribution in [1.29, 1.82) is 0 Å². The van der Waals surface area contributed by atoms with E-state index in [1.54, 1.807) is 13.3 Å². The molecule has 118 valence electrons. The first kappa shape index (κ1) is 14.1. The zero-order valence-electron chi connectivity index (χ0n) is 12.9. The van der Waals surface area contributed by atoms with Gasteiger partial charge in [0.2, 0.25) is 0 Å². The molecule has 2 aromatic heterocycles. The first-order valence-electron chi connectivity index (χ1n) is 7.38. The molecule has 0 bridgehead atoms. The molecule has 0 atom stereocenters. The second-order valence-electron chi connectivity index (χ2n) is 5.15. The Kier molecular flexibility index (Phi) is 3.51. The Labute approximate surface area is 137 Å². The second kappa shape index (κ2) is 5.96. The predicted molar refractivity (Wildman–Crippen MR) is 93.4 cm³/mol. The number of nitrogens with one attached hydrogen (secondary N) is 2. The summed E-state index contributed by atoms with van der Waals surface area (Å²) in [4.78, 5) is 7.62. The van der Waals surface area contributed by atoms with Crippen LogP contribution < -0.4 is 10.2 Å². The summed E-state index contributed by atoms with van der Waals surface area (Å²) in [5, 5.41) is 13.4. The van der Waals surface area contributed by atoms with Gasteiger partial charge >= 0.3 is 0 Å². The Morgan fingerprint density at radius 1 is 1.12 bits per heavy atom. The average molecular weight is 318 g/mol. The molecule has 2 aromatic carbocycles. The largest absolute Gasteiger partial charge is 0.497 e. The topological polar surface area (TPSA) is 88.1 Å². The molecule has 0 aliphatic rings. The Balaban J connectivity index is 1.58. The summed E-state index contributed by atoms with van der Waals surface area (Å²) in [5.41, 5.74) is 6.09. The van der Waals surface area contributed by atoms with Crippen LogP contribution in [0.5, 0.6) is 5.75 Å². The van der Waals surface area contributed by atoms with Crippen LogP contribution in [0.3, 0.4) is 0 Å². The number of hydrogen-bond donors (Lipinski definition) is 2. The maximum atomic E-state index is 5.18. The highest BCUT2D eigenvalue weighted by Crippen LogP contribution is 2.21. The van der Waals surface area contributed by atoms with Crippen LogP contribution in [0.1, 0.15) is 5.56 Å². The van der Waals surface area contributed by atoms with Crippen molar-refractivity contribution in [2.75, 3.05) is 12.5 Å². The van der Waals surface area contributed by atoms with E-state index in [-0.39, 0.29) is 0 Å². The van der Waals surface area contributed by atoms with E-state index in [0.717, 1.165) is 27.7 Å². The predicted octanol–water partition coefficient (Wildman–Crippen LogP) is 2.96. The molecule has 0 amide bonds. The third kappa shape index (κ3) is 2.63. The highest BCUT2D eigenvalue weighted by molar-refractivity contribution is 6.03. The number of benzene rings is 2. The molecule has 0 aliphatic heterocycles. The van der Waals surface area contributed by atoms with Gasteiger partial charge in [0.05, 0.1) is 13.3 Å². The van der Waals surface area contributed by atoms with Gasteiger partial charge in [-0.05, 0) is 23.8 Å². The monoisotopic (exact) mass is 318 g/mol. The first-order valence-corrected chi connectivity index (χ1v) is 7.38. The number of hydrogen-bond acceptors (Lipinski definition) is 6. The second-order valence-corrected chi connectivity index (χ2v) is 5.15. The van der Waals surface area contributed by atoms with E-state index >= 15 is 0 Å². The Bertz CT molecular complexity index is 1040. The number of para-hydroxylation sites is 1. The van der Waals surface area contributed by atoms with Gasteiger partial charge in [-0.3, -0.25) is 0 Å². The zero-order valence-corrected chi connectivity index (χ0v) is 12.9. The molecule has 0 saturated carbocycles. The van der Waals surface area contributed by atoms with Gasteiger partial charge in [0, 0.05) is 10.9 Å². The van der Waals surface area contributed by atoms with Gasteiger partial charge < -0.3 is 9.72 Å². The van der Waals surface area contributed by atoms with Crippen LogP contribution in [0.4, 0.5) is 5.95 Å². The third-order valence-corrected chi connectivity index (χ3v) is 3.59. The molecule has 2 N–H and O–H groups in total. The normalized spacial score (nSPS) is 11.4. The first-order chi connectivity index (χ1) is 11.8. The molecule has 7 heteroatoms. The van der Waals surface area contributed by atoms with E-state index in [1.807, 2.05) is 48.5 Å². The number of anilines is 1. The van der Waals surface area contributed by atoms with Crippen LogP contribution in [0.2, 0.25) is 0 Å². The van der Waals surface area contributed by atoms with Crippen molar-refractivity contribution in [3.8, 4) is 5.75 Å². The van der Waals surface area contributed by atoms with Crippen LogP contribution in [0, 0.1) is 0 Å². The zero-order chi connectivity index (χ0) is 16.4. The number of nitrogens with zero attached hydrogens (tertiary/aromatic N) is 4. The summed E-state index contributed by atoms with van der Waals surface area (Å²) in [6.07, 6.45) is 1.67. The lowest BCUT2D eigenvalue weighted by molar-refractivity contribution is 0.415. The molecule has 4 aromatic rings. The number of aromatic nitrogens is 4. The smallest absolute Gasteiger partial charge is 0.265 e. The standard InChI is InChI=1S/C17H14N6O/c1-24-12-6-4-5-11(9-12)10-18-22-17-20-16-15(21-23-17)13-7-2-3-8-14(13)19-16/h2-10H,1H3,(H2,19,20,22,23). The molecule has 24 heavy (non-hydrogen) atoms. The van der Waals surface area contributed by atoms with E-state index in [2.05, 4.69) is 30.7 Å². The van der Waals surface area contributed by atoms with Crippen molar-refractivity contribution in [1.82, 2.24) is 20.2 Å². The lowest BCUT2D eigenvalue weighted by Gasteiger charge is -2.00. The molecule has 0 saturated heterocycles. The van der Waals surface area contributed by atoms with Crippen LogP contribution >= 0.6 is 0 Å². The Morgan fingerprint density at radius 3 is 2.96 bits per heavy atom. The Morgan fingerprint density at radius 2 is 2.04 bits per heavy atom. The summed E-state index contributed by atoms with van der Waals surface area (Å²) in [6.45, 7) is 0. The lowest BCUT2D eigenvalue weighted by atomic mass is 10.2. The fourth-order valence-electron chi connectivity index (χ4n) is 2.45. The van der Waals surface area contributed by atoms with Gasteiger partial charge in [0.25, 0.3) is 5.95 Å². The van der Waals surface area contributed by atoms with E-state index < -0.39 is 0 Å². The van der Waals surface area contributed by atoms with Gasteiger partial charge in [-0.2, -0.15) is 10.1 Å². The van der Waals surface area contributed by atoms with E-state index in [1.165, 1.54) is 0 Å². The van der Waals surface area contributed by atoms with Gasteiger partial charge in [-0.25, -0.2) is 5.43 Å². The number of rotatable bonds is 4. The molecule has 0 unspecified atom stereocenters. The van der Waals surface area contributed by atoms with Crippen molar-refractivity contribution in [2.24, 2.45) is 5.10 Å². The molecule has 0 fully saturated rings. The summed E-state index contributed by atoms with van der Waals surface area (Å²) in [6, 6.07) is 15.5. The van der Waals surface area contributed by atoms with E-state index in [4.69, 9.17) is 4.74 Å². The molecular weight excluding hydrogens is 304 g/mol. The highest BCUT2D eigenvalue weighted by Gasteiger charge is 2.07. The maximum absolute atomic E-state index is 5.18. The van der Waals surface area contributed by atoms with Crippen molar-refractivity contribution < 1.29 is 4.74 Å². The van der Waals surface area contributed by atoms with E-state index in [0.29, 0.717) is 11.6 Å². The minimum Gasteiger partial charge on any atom is -0.497 e. The molecule has 0 aliphatic carbocycles. The highest BCUT2D eigenvalue weighted by atomic mass is 16.5. The van der Waals surface area contributed by atoms with Crippen molar-refractivity contribution in [3.63, 3.8) is 0 Å². The lowest BCUT2D eigenvalue weighted by Crippen LogP contribution is -1.99. The maximum Gasteiger partial charge on any atom is 0.265 e.